The van der Waals surface area contributed by atoms with E-state index in [4.69, 9.17) is 18.9 Å². The lowest BCUT2D eigenvalue weighted by atomic mass is 10.0. The van der Waals surface area contributed by atoms with Crippen LogP contribution in [0.5, 0.6) is 11.5 Å². The molecule has 0 aliphatic carbocycles. The standard InChI is InChI=1S/C31H41NO6/c1-8-36-30(34)31(6,7)38-29-21(2)17-25(18-22(29)3)9-10-27(33)26-19-23(4)28(24(5)20-26)37-16-13-32-11-14-35-15-12-32/h9-10,17-20H,8,11-16H2,1-7H3. The average Bonchev–Trinajstić information content (AvgIpc) is 2.87. The zero-order valence-corrected chi connectivity index (χ0v) is 23.8. The van der Waals surface area contributed by atoms with Gasteiger partial charge in [-0.25, -0.2) is 4.79 Å². The maximum atomic E-state index is 13.0. The van der Waals surface area contributed by atoms with E-state index < -0.39 is 11.6 Å². The van der Waals surface area contributed by atoms with Crippen LogP contribution >= 0.6 is 0 Å². The highest BCUT2D eigenvalue weighted by Crippen LogP contribution is 2.30. The van der Waals surface area contributed by atoms with Crippen molar-refractivity contribution < 1.29 is 28.5 Å². The number of nitrogens with zero attached hydrogens (tertiary/aromatic N) is 1. The molecule has 38 heavy (non-hydrogen) atoms. The van der Waals surface area contributed by atoms with Crippen molar-refractivity contribution >= 4 is 17.8 Å². The van der Waals surface area contributed by atoms with Crippen molar-refractivity contribution in [3.8, 4) is 11.5 Å². The minimum absolute atomic E-state index is 0.0739. The fourth-order valence-corrected chi connectivity index (χ4v) is 4.53. The SMILES string of the molecule is CCOC(=O)C(C)(C)Oc1c(C)cc(C=CC(=O)c2cc(C)c(OCCN3CCOCC3)c(C)c2)cc1C. The predicted octanol–water partition coefficient (Wildman–Crippen LogP) is 5.25. The summed E-state index contributed by atoms with van der Waals surface area (Å²) < 4.78 is 22.6. The van der Waals surface area contributed by atoms with E-state index in [2.05, 4.69) is 4.90 Å². The lowest BCUT2D eigenvalue weighted by Crippen LogP contribution is -2.40. The number of hydrogen-bond acceptors (Lipinski definition) is 7. The molecule has 0 N–H and O–H groups in total. The van der Waals surface area contributed by atoms with Crippen LogP contribution in [0.15, 0.2) is 30.3 Å². The first-order valence-electron chi connectivity index (χ1n) is 13.3. The van der Waals surface area contributed by atoms with Crippen LogP contribution < -0.4 is 9.47 Å². The van der Waals surface area contributed by atoms with Gasteiger partial charge in [-0.15, -0.1) is 0 Å². The Labute approximate surface area is 226 Å². The molecule has 1 aliphatic heterocycles. The van der Waals surface area contributed by atoms with Gasteiger partial charge in [0.25, 0.3) is 0 Å². The van der Waals surface area contributed by atoms with Gasteiger partial charge in [-0.1, -0.05) is 6.08 Å². The van der Waals surface area contributed by atoms with Crippen molar-refractivity contribution in [1.29, 1.82) is 0 Å². The Balaban J connectivity index is 1.67. The fraction of sp³-hybridized carbons (Fsp3) is 0.484. The third kappa shape index (κ3) is 7.68. The van der Waals surface area contributed by atoms with Crippen molar-refractivity contribution in [3.63, 3.8) is 0 Å². The first-order chi connectivity index (χ1) is 18.0. The van der Waals surface area contributed by atoms with Gasteiger partial charge < -0.3 is 18.9 Å². The van der Waals surface area contributed by atoms with Crippen LogP contribution in [-0.4, -0.2) is 68.3 Å². The van der Waals surface area contributed by atoms with Gasteiger partial charge in [0.05, 0.1) is 19.8 Å². The monoisotopic (exact) mass is 523 g/mol. The van der Waals surface area contributed by atoms with E-state index in [-0.39, 0.29) is 5.78 Å². The summed E-state index contributed by atoms with van der Waals surface area (Å²) in [4.78, 5) is 27.6. The number of esters is 1. The van der Waals surface area contributed by atoms with E-state index in [0.29, 0.717) is 24.5 Å². The van der Waals surface area contributed by atoms with Crippen molar-refractivity contribution in [1.82, 2.24) is 4.90 Å². The number of ether oxygens (including phenoxy) is 4. The number of allylic oxidation sites excluding steroid dienone is 1. The maximum Gasteiger partial charge on any atom is 0.349 e. The summed E-state index contributed by atoms with van der Waals surface area (Å²) in [5.74, 6) is 0.996. The predicted molar refractivity (Wildman–Crippen MR) is 149 cm³/mol. The molecule has 0 unspecified atom stereocenters. The Morgan fingerprint density at radius 3 is 2.11 bits per heavy atom. The van der Waals surface area contributed by atoms with Crippen LogP contribution in [0, 0.1) is 27.7 Å². The van der Waals surface area contributed by atoms with E-state index in [1.165, 1.54) is 0 Å². The molecule has 0 saturated carbocycles. The van der Waals surface area contributed by atoms with Crippen molar-refractivity contribution in [2.24, 2.45) is 0 Å². The largest absolute Gasteiger partial charge is 0.492 e. The van der Waals surface area contributed by atoms with Gasteiger partial charge in [0, 0.05) is 25.2 Å². The summed E-state index contributed by atoms with van der Waals surface area (Å²) in [7, 11) is 0. The van der Waals surface area contributed by atoms with Gasteiger partial charge in [-0.3, -0.25) is 9.69 Å². The fourth-order valence-electron chi connectivity index (χ4n) is 4.53. The number of carbonyl (C=O) groups excluding carboxylic acids is 2. The molecular weight excluding hydrogens is 482 g/mol. The van der Waals surface area contributed by atoms with E-state index in [0.717, 1.165) is 66.4 Å². The van der Waals surface area contributed by atoms with Crippen molar-refractivity contribution in [2.75, 3.05) is 46.1 Å². The van der Waals surface area contributed by atoms with Crippen molar-refractivity contribution in [3.05, 3.63) is 63.7 Å². The quantitative estimate of drug-likeness (QED) is 0.226. The van der Waals surface area contributed by atoms with Crippen molar-refractivity contribution in [2.45, 2.75) is 54.1 Å². The van der Waals surface area contributed by atoms with E-state index in [1.54, 1.807) is 32.9 Å². The van der Waals surface area contributed by atoms with Gasteiger partial charge in [-0.2, -0.15) is 0 Å². The van der Waals surface area contributed by atoms with E-state index >= 15 is 0 Å². The molecule has 1 heterocycles. The summed E-state index contributed by atoms with van der Waals surface area (Å²) in [5.41, 5.74) is 4.04. The molecule has 1 fully saturated rings. The molecule has 3 rings (SSSR count). The average molecular weight is 524 g/mol. The highest BCUT2D eigenvalue weighted by atomic mass is 16.6. The molecule has 7 heteroatoms. The summed E-state index contributed by atoms with van der Waals surface area (Å²) in [5, 5.41) is 0. The number of ketones is 1. The third-order valence-electron chi connectivity index (χ3n) is 6.54. The first-order valence-corrected chi connectivity index (χ1v) is 13.3. The summed E-state index contributed by atoms with van der Waals surface area (Å²) in [6.07, 6.45) is 3.39. The van der Waals surface area contributed by atoms with Crippen LogP contribution in [0.25, 0.3) is 6.08 Å². The first kappa shape index (κ1) is 29.4. The molecule has 0 spiro atoms. The maximum absolute atomic E-state index is 13.0. The Hall–Kier alpha value is -3.16. The Bertz CT molecular complexity index is 1130. The second-order valence-electron chi connectivity index (χ2n) is 10.3. The normalized spacial score (nSPS) is 14.5. The zero-order chi connectivity index (χ0) is 27.9. The lowest BCUT2D eigenvalue weighted by molar-refractivity contribution is -0.158. The Kier molecular flexibility index (Phi) is 10.1. The van der Waals surface area contributed by atoms with Crippen LogP contribution in [-0.2, 0) is 14.3 Å². The second kappa shape index (κ2) is 13.1. The Morgan fingerprint density at radius 2 is 1.53 bits per heavy atom. The van der Waals surface area contributed by atoms with Crippen LogP contribution in [0.4, 0.5) is 0 Å². The number of benzene rings is 2. The van der Waals surface area contributed by atoms with Crippen LogP contribution in [0.2, 0.25) is 0 Å². The highest BCUT2D eigenvalue weighted by molar-refractivity contribution is 6.07. The van der Waals surface area contributed by atoms with Gasteiger partial charge in [-0.05, 0) is 107 Å². The number of hydrogen-bond donors (Lipinski definition) is 0. The minimum Gasteiger partial charge on any atom is -0.492 e. The molecule has 0 amide bonds. The number of aryl methyl sites for hydroxylation is 4. The van der Waals surface area contributed by atoms with Gasteiger partial charge in [0.15, 0.2) is 11.4 Å². The minimum atomic E-state index is -1.10. The van der Waals surface area contributed by atoms with Gasteiger partial charge in [0.2, 0.25) is 0 Å². The molecule has 7 nitrogen and oxygen atoms in total. The van der Waals surface area contributed by atoms with E-state index in [9.17, 15) is 9.59 Å². The highest BCUT2D eigenvalue weighted by Gasteiger charge is 2.32. The topological polar surface area (TPSA) is 74.3 Å². The van der Waals surface area contributed by atoms with Crippen LogP contribution in [0.3, 0.4) is 0 Å². The molecule has 0 radical (unpaired) electrons. The molecule has 0 bridgehead atoms. The molecule has 0 atom stereocenters. The number of rotatable bonds is 11. The molecule has 206 valence electrons. The molecule has 1 aliphatic rings. The summed E-state index contributed by atoms with van der Waals surface area (Å²) in [6, 6.07) is 7.65. The molecular formula is C31H41NO6. The number of carbonyl (C=O) groups is 2. The molecule has 2 aromatic rings. The molecule has 1 saturated heterocycles. The summed E-state index contributed by atoms with van der Waals surface area (Å²) in [6.45, 7) is 18.1. The lowest BCUT2D eigenvalue weighted by Gasteiger charge is -2.26. The van der Waals surface area contributed by atoms with Crippen LogP contribution in [0.1, 0.15) is 58.9 Å². The summed E-state index contributed by atoms with van der Waals surface area (Å²) >= 11 is 0. The molecule has 2 aromatic carbocycles. The Morgan fingerprint density at radius 1 is 0.947 bits per heavy atom. The zero-order valence-electron chi connectivity index (χ0n) is 23.8. The van der Waals surface area contributed by atoms with Gasteiger partial charge >= 0.3 is 5.97 Å². The van der Waals surface area contributed by atoms with Gasteiger partial charge in [0.1, 0.15) is 18.1 Å². The number of morpholine rings is 1. The third-order valence-corrected chi connectivity index (χ3v) is 6.54. The smallest absolute Gasteiger partial charge is 0.349 e. The molecule has 0 aromatic heterocycles. The second-order valence-corrected chi connectivity index (χ2v) is 10.3. The van der Waals surface area contributed by atoms with E-state index in [1.807, 2.05) is 52.0 Å².